The molecule has 3 aromatic rings. The number of carbonyl (C=O) groups is 1. The monoisotopic (exact) mass is 511 g/mol. The lowest BCUT2D eigenvalue weighted by Crippen LogP contribution is -2.32. The summed E-state index contributed by atoms with van der Waals surface area (Å²) < 4.78 is 12.0. The summed E-state index contributed by atoms with van der Waals surface area (Å²) in [4.78, 5) is 30.7. The molecule has 2 unspecified atom stereocenters. The quantitative estimate of drug-likeness (QED) is 0.307. The van der Waals surface area contributed by atoms with E-state index in [1.807, 2.05) is 45.0 Å². The standard InChI is InChI=1S/C31H33N3O4/c1-6-8-11-22(7-2)29-20(4)28(35)25-17-19(3)16-24(30(25)38-29)21(5)34-26-13-9-14-32-27(26)31(36)33-18-23-12-10-15-37-23/h1,7-9,11,13-14,16-17,21,23,34H,10,12,15,18H2,2-5H3,(H,33,36)/b11-8-,22-7+. The number of nitrogens with zero attached hydrogens (tertiary/aromatic N) is 1. The number of amides is 1. The second-order valence-corrected chi connectivity index (χ2v) is 9.47. The molecule has 38 heavy (non-hydrogen) atoms. The summed E-state index contributed by atoms with van der Waals surface area (Å²) >= 11 is 0. The van der Waals surface area contributed by atoms with Gasteiger partial charge in [0.05, 0.1) is 23.2 Å². The number of allylic oxidation sites excluding steroid dienone is 4. The number of benzene rings is 1. The first-order valence-electron chi connectivity index (χ1n) is 12.8. The van der Waals surface area contributed by atoms with Crippen LogP contribution in [0.1, 0.15) is 65.7 Å². The Morgan fingerprint density at radius 1 is 1.34 bits per heavy atom. The van der Waals surface area contributed by atoms with Gasteiger partial charge in [-0.15, -0.1) is 6.42 Å². The normalized spacial score (nSPS) is 16.5. The lowest BCUT2D eigenvalue weighted by molar-refractivity contribution is 0.0854. The zero-order chi connectivity index (χ0) is 27.2. The first-order chi connectivity index (χ1) is 18.3. The number of fused-ring (bicyclic) bond motifs is 1. The minimum Gasteiger partial charge on any atom is -0.455 e. The number of anilines is 1. The number of carbonyl (C=O) groups excluding carboxylic acids is 1. The van der Waals surface area contributed by atoms with Gasteiger partial charge in [-0.05, 0) is 76.5 Å². The third-order valence-electron chi connectivity index (χ3n) is 6.70. The minimum absolute atomic E-state index is 0.0368. The molecule has 0 bridgehead atoms. The predicted octanol–water partition coefficient (Wildman–Crippen LogP) is 5.48. The van der Waals surface area contributed by atoms with E-state index in [2.05, 4.69) is 21.5 Å². The average Bonchev–Trinajstić information content (AvgIpc) is 3.44. The Kier molecular flexibility index (Phi) is 8.45. The topological polar surface area (TPSA) is 93.5 Å². The van der Waals surface area contributed by atoms with Gasteiger partial charge in [-0.25, -0.2) is 4.98 Å². The molecule has 2 aromatic heterocycles. The van der Waals surface area contributed by atoms with Crippen molar-refractivity contribution in [2.75, 3.05) is 18.5 Å². The summed E-state index contributed by atoms with van der Waals surface area (Å²) in [6, 6.07) is 7.12. The van der Waals surface area contributed by atoms with Crippen LogP contribution in [0.5, 0.6) is 0 Å². The van der Waals surface area contributed by atoms with Gasteiger partial charge in [-0.2, -0.15) is 0 Å². The Labute approximate surface area is 223 Å². The fourth-order valence-electron chi connectivity index (χ4n) is 4.71. The van der Waals surface area contributed by atoms with Crippen LogP contribution in [0.15, 0.2) is 57.9 Å². The van der Waals surface area contributed by atoms with Gasteiger partial charge in [-0.3, -0.25) is 9.59 Å². The summed E-state index contributed by atoms with van der Waals surface area (Å²) in [5.41, 5.74) is 4.24. The number of terminal acetylenes is 1. The maximum atomic E-state index is 13.4. The molecular formula is C31H33N3O4. The smallest absolute Gasteiger partial charge is 0.272 e. The van der Waals surface area contributed by atoms with Gasteiger partial charge in [-0.1, -0.05) is 18.1 Å². The molecule has 1 fully saturated rings. The third kappa shape index (κ3) is 5.71. The fraction of sp³-hybridized carbons (Fsp3) is 0.323. The van der Waals surface area contributed by atoms with Crippen molar-refractivity contribution in [3.05, 3.63) is 87.1 Å². The van der Waals surface area contributed by atoms with Crippen LogP contribution in [0, 0.1) is 26.2 Å². The highest BCUT2D eigenvalue weighted by atomic mass is 16.5. The summed E-state index contributed by atoms with van der Waals surface area (Å²) in [5.74, 6) is 2.69. The number of aromatic nitrogens is 1. The van der Waals surface area contributed by atoms with Crippen LogP contribution in [0.25, 0.3) is 16.5 Å². The van der Waals surface area contributed by atoms with Crippen molar-refractivity contribution in [2.24, 2.45) is 0 Å². The second kappa shape index (κ2) is 11.9. The highest BCUT2D eigenvalue weighted by Gasteiger charge is 2.22. The predicted molar refractivity (Wildman–Crippen MR) is 151 cm³/mol. The highest BCUT2D eigenvalue weighted by Crippen LogP contribution is 2.31. The first kappa shape index (κ1) is 26.9. The molecule has 3 heterocycles. The Morgan fingerprint density at radius 2 is 2.16 bits per heavy atom. The van der Waals surface area contributed by atoms with E-state index in [1.54, 1.807) is 31.3 Å². The van der Waals surface area contributed by atoms with Crippen LogP contribution in [-0.2, 0) is 4.74 Å². The van der Waals surface area contributed by atoms with Gasteiger partial charge in [0.25, 0.3) is 5.91 Å². The van der Waals surface area contributed by atoms with Crippen LogP contribution >= 0.6 is 0 Å². The lowest BCUT2D eigenvalue weighted by Gasteiger charge is -2.20. The zero-order valence-corrected chi connectivity index (χ0v) is 22.3. The fourth-order valence-corrected chi connectivity index (χ4v) is 4.71. The minimum atomic E-state index is -0.305. The SMILES string of the molecule is C#C/C=C\C(=C/C)c1oc2c(C(C)Nc3cccnc3C(=O)NCC3CCCO3)cc(C)cc2c(=O)c1C. The van der Waals surface area contributed by atoms with Gasteiger partial charge in [0, 0.05) is 36.0 Å². The van der Waals surface area contributed by atoms with E-state index in [0.29, 0.717) is 40.2 Å². The number of ether oxygens (including phenoxy) is 1. The molecule has 2 atom stereocenters. The highest BCUT2D eigenvalue weighted by molar-refractivity contribution is 5.97. The van der Waals surface area contributed by atoms with Gasteiger partial charge in [0.1, 0.15) is 11.3 Å². The Balaban J connectivity index is 1.70. The molecule has 1 aliphatic rings. The largest absolute Gasteiger partial charge is 0.455 e. The summed E-state index contributed by atoms with van der Waals surface area (Å²) in [6.45, 7) is 8.71. The van der Waals surface area contributed by atoms with E-state index in [4.69, 9.17) is 15.6 Å². The molecule has 7 nitrogen and oxygen atoms in total. The van der Waals surface area contributed by atoms with Gasteiger partial charge in [0.15, 0.2) is 11.1 Å². The number of nitrogens with one attached hydrogen (secondary N) is 2. The molecule has 0 aliphatic carbocycles. The molecule has 1 saturated heterocycles. The van der Waals surface area contributed by atoms with Crippen molar-refractivity contribution in [1.29, 1.82) is 0 Å². The van der Waals surface area contributed by atoms with Crippen molar-refractivity contribution in [3.8, 4) is 12.3 Å². The third-order valence-corrected chi connectivity index (χ3v) is 6.70. The lowest BCUT2D eigenvalue weighted by atomic mass is 9.98. The number of hydrogen-bond donors (Lipinski definition) is 2. The average molecular weight is 512 g/mol. The van der Waals surface area contributed by atoms with Crippen molar-refractivity contribution < 1.29 is 13.9 Å². The molecule has 0 saturated carbocycles. The van der Waals surface area contributed by atoms with E-state index >= 15 is 0 Å². The molecule has 2 N–H and O–H groups in total. The zero-order valence-electron chi connectivity index (χ0n) is 22.3. The number of rotatable bonds is 8. The van der Waals surface area contributed by atoms with Crippen LogP contribution in [0.4, 0.5) is 5.69 Å². The number of hydrogen-bond acceptors (Lipinski definition) is 6. The Morgan fingerprint density at radius 3 is 2.87 bits per heavy atom. The summed E-state index contributed by atoms with van der Waals surface area (Å²) in [6.07, 6.45) is 14.2. The van der Waals surface area contributed by atoms with E-state index in [-0.39, 0.29) is 23.5 Å². The molecule has 7 heteroatoms. The van der Waals surface area contributed by atoms with Crippen molar-refractivity contribution >= 4 is 28.1 Å². The van der Waals surface area contributed by atoms with E-state index in [9.17, 15) is 9.59 Å². The second-order valence-electron chi connectivity index (χ2n) is 9.47. The van der Waals surface area contributed by atoms with E-state index in [0.717, 1.165) is 36.1 Å². The van der Waals surface area contributed by atoms with Gasteiger partial charge >= 0.3 is 0 Å². The van der Waals surface area contributed by atoms with E-state index in [1.165, 1.54) is 0 Å². The van der Waals surface area contributed by atoms with E-state index < -0.39 is 0 Å². The van der Waals surface area contributed by atoms with Crippen LogP contribution in [0.3, 0.4) is 0 Å². The maximum absolute atomic E-state index is 13.4. The Hall–Kier alpha value is -4.15. The van der Waals surface area contributed by atoms with Crippen LogP contribution < -0.4 is 16.1 Å². The maximum Gasteiger partial charge on any atom is 0.272 e. The molecule has 0 radical (unpaired) electrons. The van der Waals surface area contributed by atoms with Crippen LogP contribution in [0.2, 0.25) is 0 Å². The van der Waals surface area contributed by atoms with Crippen molar-refractivity contribution in [1.82, 2.24) is 10.3 Å². The van der Waals surface area contributed by atoms with Gasteiger partial charge < -0.3 is 19.8 Å². The van der Waals surface area contributed by atoms with Crippen molar-refractivity contribution in [2.45, 2.75) is 52.7 Å². The molecule has 196 valence electrons. The molecule has 1 amide bonds. The summed E-state index contributed by atoms with van der Waals surface area (Å²) in [7, 11) is 0. The molecule has 4 rings (SSSR count). The molecule has 0 spiro atoms. The first-order valence-corrected chi connectivity index (χ1v) is 12.8. The van der Waals surface area contributed by atoms with Crippen LogP contribution in [-0.4, -0.2) is 30.1 Å². The molecule has 1 aromatic carbocycles. The van der Waals surface area contributed by atoms with Gasteiger partial charge in [0.2, 0.25) is 0 Å². The Bertz CT molecular complexity index is 1500. The molecular weight excluding hydrogens is 478 g/mol. The molecule has 1 aliphatic heterocycles. The van der Waals surface area contributed by atoms with Crippen molar-refractivity contribution in [3.63, 3.8) is 0 Å². The number of aryl methyl sites for hydroxylation is 1. The number of pyridine rings is 1. The summed E-state index contributed by atoms with van der Waals surface area (Å²) in [5, 5.41) is 6.86.